The molecule has 1 aromatic carbocycles. The first kappa shape index (κ1) is 11.4. The zero-order chi connectivity index (χ0) is 11.7. The molecule has 0 N–H and O–H groups in total. The summed E-state index contributed by atoms with van der Waals surface area (Å²) in [7, 11) is 0. The summed E-state index contributed by atoms with van der Waals surface area (Å²) in [6, 6.07) is 7.77. The predicted molar refractivity (Wildman–Crippen MR) is 58.5 cm³/mol. The largest absolute Gasteiger partial charge is 0.282 e. The minimum Gasteiger partial charge on any atom is -0.222 e. The molecule has 0 aliphatic heterocycles. The van der Waals surface area contributed by atoms with Gasteiger partial charge in [0, 0.05) is 11.1 Å². The van der Waals surface area contributed by atoms with Gasteiger partial charge in [-0.3, -0.25) is 0 Å². The minimum absolute atomic E-state index is 0.123. The van der Waals surface area contributed by atoms with Crippen LogP contribution in [0.15, 0.2) is 30.3 Å². The minimum atomic E-state index is -2.64. The third-order valence-corrected chi connectivity index (χ3v) is 2.47. The van der Waals surface area contributed by atoms with Gasteiger partial charge in [-0.1, -0.05) is 29.3 Å². The van der Waals surface area contributed by atoms with E-state index in [-0.39, 0.29) is 10.8 Å². The van der Waals surface area contributed by atoms with Crippen molar-refractivity contribution in [3.8, 4) is 5.69 Å². The van der Waals surface area contributed by atoms with E-state index in [4.69, 9.17) is 23.2 Å². The highest BCUT2D eigenvalue weighted by molar-refractivity contribution is 6.31. The molecule has 0 amide bonds. The fraction of sp³-hybridized carbons (Fsp3) is 0.100. The highest BCUT2D eigenvalue weighted by atomic mass is 35.5. The molecular formula is C10H6Cl2F2N2. The van der Waals surface area contributed by atoms with Gasteiger partial charge in [-0.15, -0.1) is 0 Å². The van der Waals surface area contributed by atoms with Gasteiger partial charge in [0.05, 0.1) is 5.69 Å². The molecule has 2 aromatic rings. The standard InChI is InChI=1S/C10H6Cl2F2N2/c11-6-2-1-3-7(4-6)16-9(12)5-8(15-16)10(13)14/h1-5,10H. The van der Waals surface area contributed by atoms with Crippen molar-refractivity contribution in [3.63, 3.8) is 0 Å². The van der Waals surface area contributed by atoms with Crippen LogP contribution >= 0.6 is 23.2 Å². The smallest absolute Gasteiger partial charge is 0.222 e. The molecular weight excluding hydrogens is 257 g/mol. The van der Waals surface area contributed by atoms with Crippen molar-refractivity contribution in [1.29, 1.82) is 0 Å². The quantitative estimate of drug-likeness (QED) is 0.796. The molecule has 2 nitrogen and oxygen atoms in total. The summed E-state index contributed by atoms with van der Waals surface area (Å²) in [4.78, 5) is 0. The highest BCUT2D eigenvalue weighted by Crippen LogP contribution is 2.24. The second kappa shape index (κ2) is 4.39. The lowest BCUT2D eigenvalue weighted by Gasteiger charge is -2.02. The Bertz CT molecular complexity index is 511. The van der Waals surface area contributed by atoms with Crippen LogP contribution in [0.3, 0.4) is 0 Å². The summed E-state index contributed by atoms with van der Waals surface area (Å²) < 4.78 is 26.0. The van der Waals surface area contributed by atoms with Crippen LogP contribution in [0.1, 0.15) is 12.1 Å². The molecule has 0 aliphatic rings. The summed E-state index contributed by atoms with van der Waals surface area (Å²) >= 11 is 11.6. The van der Waals surface area contributed by atoms with Gasteiger partial charge in [0.2, 0.25) is 0 Å². The number of hydrogen-bond acceptors (Lipinski definition) is 1. The summed E-state index contributed by atoms with van der Waals surface area (Å²) in [5.74, 6) is 0. The van der Waals surface area contributed by atoms with E-state index >= 15 is 0 Å². The zero-order valence-electron chi connectivity index (χ0n) is 7.87. The van der Waals surface area contributed by atoms with Crippen molar-refractivity contribution in [2.75, 3.05) is 0 Å². The first-order valence-electron chi connectivity index (χ1n) is 4.37. The van der Waals surface area contributed by atoms with E-state index in [1.807, 2.05) is 0 Å². The van der Waals surface area contributed by atoms with Crippen molar-refractivity contribution in [2.24, 2.45) is 0 Å². The van der Waals surface area contributed by atoms with E-state index in [2.05, 4.69) is 5.10 Å². The molecule has 0 saturated carbocycles. The molecule has 1 heterocycles. The maximum Gasteiger partial charge on any atom is 0.282 e. The molecule has 0 bridgehead atoms. The normalized spacial score (nSPS) is 11.1. The Morgan fingerprint density at radius 3 is 2.50 bits per heavy atom. The van der Waals surface area contributed by atoms with Crippen LogP contribution < -0.4 is 0 Å². The van der Waals surface area contributed by atoms with Crippen LogP contribution in [0.2, 0.25) is 10.2 Å². The topological polar surface area (TPSA) is 17.8 Å². The average Bonchev–Trinajstić information content (AvgIpc) is 2.60. The van der Waals surface area contributed by atoms with Gasteiger partial charge < -0.3 is 0 Å². The molecule has 84 valence electrons. The Balaban J connectivity index is 2.48. The van der Waals surface area contributed by atoms with Crippen LogP contribution in [-0.4, -0.2) is 9.78 Å². The molecule has 6 heteroatoms. The van der Waals surface area contributed by atoms with Crippen molar-refractivity contribution in [1.82, 2.24) is 9.78 Å². The Labute approximate surface area is 100 Å². The maximum atomic E-state index is 12.4. The second-order valence-corrected chi connectivity index (χ2v) is 3.91. The number of benzene rings is 1. The van der Waals surface area contributed by atoms with Crippen molar-refractivity contribution in [2.45, 2.75) is 6.43 Å². The Kier molecular flexibility index (Phi) is 3.12. The lowest BCUT2D eigenvalue weighted by atomic mass is 10.3. The SMILES string of the molecule is FC(F)c1cc(Cl)n(-c2cccc(Cl)c2)n1. The Hall–Kier alpha value is -1.13. The van der Waals surface area contributed by atoms with Crippen LogP contribution in [0.5, 0.6) is 0 Å². The molecule has 2 rings (SSSR count). The summed E-state index contributed by atoms with van der Waals surface area (Å²) in [5, 5.41) is 4.31. The molecule has 0 fully saturated rings. The fourth-order valence-corrected chi connectivity index (χ4v) is 1.70. The molecule has 0 aliphatic carbocycles. The number of nitrogens with zero attached hydrogens (tertiary/aromatic N) is 2. The molecule has 0 atom stereocenters. The molecule has 0 radical (unpaired) electrons. The lowest BCUT2D eigenvalue weighted by molar-refractivity contribution is 0.145. The molecule has 0 spiro atoms. The van der Waals surface area contributed by atoms with Crippen LogP contribution in [0.25, 0.3) is 5.69 Å². The summed E-state index contributed by atoms with van der Waals surface area (Å²) in [5.41, 5.74) is 0.189. The van der Waals surface area contributed by atoms with E-state index in [9.17, 15) is 8.78 Å². The van der Waals surface area contributed by atoms with E-state index in [1.54, 1.807) is 24.3 Å². The van der Waals surface area contributed by atoms with Gasteiger partial charge in [-0.05, 0) is 18.2 Å². The molecule has 0 unspecified atom stereocenters. The maximum absolute atomic E-state index is 12.4. The van der Waals surface area contributed by atoms with E-state index in [0.717, 1.165) is 6.07 Å². The predicted octanol–water partition coefficient (Wildman–Crippen LogP) is 4.12. The van der Waals surface area contributed by atoms with Gasteiger partial charge in [-0.25, -0.2) is 13.5 Å². The van der Waals surface area contributed by atoms with Gasteiger partial charge in [0.1, 0.15) is 10.8 Å². The van der Waals surface area contributed by atoms with Crippen molar-refractivity contribution < 1.29 is 8.78 Å². The summed E-state index contributed by atoms with van der Waals surface area (Å²) in [6.07, 6.45) is -2.64. The zero-order valence-corrected chi connectivity index (χ0v) is 9.38. The Morgan fingerprint density at radius 1 is 1.19 bits per heavy atom. The van der Waals surface area contributed by atoms with Gasteiger partial charge in [-0.2, -0.15) is 5.10 Å². The molecule has 16 heavy (non-hydrogen) atoms. The van der Waals surface area contributed by atoms with Crippen LogP contribution in [-0.2, 0) is 0 Å². The van der Waals surface area contributed by atoms with Crippen molar-refractivity contribution in [3.05, 3.63) is 46.2 Å². The summed E-state index contributed by atoms with van der Waals surface area (Å²) in [6.45, 7) is 0. The highest BCUT2D eigenvalue weighted by Gasteiger charge is 2.15. The van der Waals surface area contributed by atoms with Gasteiger partial charge >= 0.3 is 0 Å². The van der Waals surface area contributed by atoms with Crippen LogP contribution in [0, 0.1) is 0 Å². The first-order valence-corrected chi connectivity index (χ1v) is 5.13. The number of aromatic nitrogens is 2. The molecule has 0 saturated heterocycles. The van der Waals surface area contributed by atoms with Crippen LogP contribution in [0.4, 0.5) is 8.78 Å². The van der Waals surface area contributed by atoms with Gasteiger partial charge in [0.15, 0.2) is 0 Å². The van der Waals surface area contributed by atoms with E-state index in [1.165, 1.54) is 4.68 Å². The number of hydrogen-bond donors (Lipinski definition) is 0. The van der Waals surface area contributed by atoms with Gasteiger partial charge in [0.25, 0.3) is 6.43 Å². The van der Waals surface area contributed by atoms with E-state index < -0.39 is 6.43 Å². The monoisotopic (exact) mass is 262 g/mol. The third-order valence-electron chi connectivity index (χ3n) is 1.96. The second-order valence-electron chi connectivity index (χ2n) is 3.08. The number of rotatable bonds is 2. The fourth-order valence-electron chi connectivity index (χ4n) is 1.27. The van der Waals surface area contributed by atoms with E-state index in [0.29, 0.717) is 10.7 Å². The lowest BCUT2D eigenvalue weighted by Crippen LogP contribution is -1.97. The number of alkyl halides is 2. The van der Waals surface area contributed by atoms with Crippen molar-refractivity contribution >= 4 is 23.2 Å². The number of halogens is 4. The molecule has 1 aromatic heterocycles. The average molecular weight is 263 g/mol. The Morgan fingerprint density at radius 2 is 1.94 bits per heavy atom. The first-order chi connectivity index (χ1) is 7.58. The third kappa shape index (κ3) is 2.18.